The zero-order chi connectivity index (χ0) is 25.3. The first kappa shape index (κ1) is 27.5. The average Bonchev–Trinajstić information content (AvgIpc) is 2.78. The van der Waals surface area contributed by atoms with Crippen LogP contribution in [0, 0.1) is 5.92 Å². The van der Waals surface area contributed by atoms with E-state index in [0.717, 1.165) is 25.2 Å². The second kappa shape index (κ2) is 10.9. The van der Waals surface area contributed by atoms with E-state index >= 15 is 0 Å². The number of hydrogen-bond donors (Lipinski definition) is 0. The van der Waals surface area contributed by atoms with Crippen molar-refractivity contribution < 1.29 is 26.4 Å². The summed E-state index contributed by atoms with van der Waals surface area (Å²) in [4.78, 5) is 16.8. The highest BCUT2D eigenvalue weighted by molar-refractivity contribution is 7.89. The number of piperazine rings is 1. The standard InChI is InChI=1S/C22H30Cl2F3N3O3S/c1-15(2)28-9-11-29(12-10-28)21(31)16-3-5-17(6-4-16)30(14-22(25,26)27)34(32,33)18-7-8-19(23)20(24)13-18/h7-8,13,15-17H,3-6,9-12,14H2,1-2H3. The minimum atomic E-state index is -4.72. The van der Waals surface area contributed by atoms with Gasteiger partial charge in [-0.1, -0.05) is 23.2 Å². The fraction of sp³-hybridized carbons (Fsp3) is 0.682. The summed E-state index contributed by atoms with van der Waals surface area (Å²) in [7, 11) is -4.48. The van der Waals surface area contributed by atoms with Crippen LogP contribution in [0.15, 0.2) is 23.1 Å². The number of alkyl halides is 3. The summed E-state index contributed by atoms with van der Waals surface area (Å²) in [5, 5.41) is 0.0535. The van der Waals surface area contributed by atoms with Gasteiger partial charge < -0.3 is 4.90 Å². The van der Waals surface area contributed by atoms with Crippen molar-refractivity contribution in [3.63, 3.8) is 0 Å². The summed E-state index contributed by atoms with van der Waals surface area (Å²) in [5.74, 6) is -0.293. The number of amides is 1. The maximum atomic E-state index is 13.4. The molecule has 1 aliphatic carbocycles. The highest BCUT2D eigenvalue weighted by Crippen LogP contribution is 2.35. The van der Waals surface area contributed by atoms with E-state index in [4.69, 9.17) is 23.2 Å². The molecule has 0 radical (unpaired) electrons. The molecular weight excluding hydrogens is 514 g/mol. The highest BCUT2D eigenvalue weighted by Gasteiger charge is 2.43. The quantitative estimate of drug-likeness (QED) is 0.523. The lowest BCUT2D eigenvalue weighted by Gasteiger charge is -2.40. The zero-order valence-corrected chi connectivity index (χ0v) is 21.5. The normalized spacial score (nSPS) is 23.0. The Kier molecular flexibility index (Phi) is 8.82. The van der Waals surface area contributed by atoms with Gasteiger partial charge in [0.15, 0.2) is 0 Å². The number of carbonyl (C=O) groups is 1. The van der Waals surface area contributed by atoms with Crippen molar-refractivity contribution in [2.24, 2.45) is 5.92 Å². The lowest BCUT2D eigenvalue weighted by atomic mass is 9.85. The van der Waals surface area contributed by atoms with Crippen molar-refractivity contribution in [1.82, 2.24) is 14.1 Å². The summed E-state index contributed by atoms with van der Waals surface area (Å²) in [6.45, 7) is 5.46. The molecular formula is C22H30Cl2F3N3O3S. The molecule has 6 nitrogen and oxygen atoms in total. The first-order valence-corrected chi connectivity index (χ1v) is 13.6. The molecule has 1 aliphatic heterocycles. The molecule has 0 aromatic heterocycles. The van der Waals surface area contributed by atoms with E-state index in [0.29, 0.717) is 36.3 Å². The number of halogens is 5. The van der Waals surface area contributed by atoms with Crippen LogP contribution in [0.2, 0.25) is 10.0 Å². The van der Waals surface area contributed by atoms with Gasteiger partial charge in [0.2, 0.25) is 15.9 Å². The number of sulfonamides is 1. The van der Waals surface area contributed by atoms with E-state index in [2.05, 4.69) is 18.7 Å². The second-order valence-electron chi connectivity index (χ2n) is 9.20. The monoisotopic (exact) mass is 543 g/mol. The van der Waals surface area contributed by atoms with E-state index in [9.17, 15) is 26.4 Å². The van der Waals surface area contributed by atoms with Gasteiger partial charge >= 0.3 is 6.18 Å². The molecule has 1 amide bonds. The molecule has 12 heteroatoms. The van der Waals surface area contributed by atoms with Crippen LogP contribution in [-0.4, -0.2) is 79.4 Å². The SMILES string of the molecule is CC(C)N1CCN(C(=O)C2CCC(N(CC(F)(F)F)S(=O)(=O)c3ccc(Cl)c(Cl)c3)CC2)CC1. The van der Waals surface area contributed by atoms with Crippen LogP contribution in [0.4, 0.5) is 13.2 Å². The molecule has 2 fully saturated rings. The van der Waals surface area contributed by atoms with Crippen LogP contribution >= 0.6 is 23.2 Å². The third-order valence-corrected chi connectivity index (χ3v) is 9.28. The number of benzene rings is 1. The Morgan fingerprint density at radius 1 is 1.06 bits per heavy atom. The van der Waals surface area contributed by atoms with Crippen LogP contribution in [-0.2, 0) is 14.8 Å². The maximum absolute atomic E-state index is 13.4. The van der Waals surface area contributed by atoms with Crippen molar-refractivity contribution in [3.05, 3.63) is 28.2 Å². The van der Waals surface area contributed by atoms with Crippen molar-refractivity contribution in [2.45, 2.75) is 62.7 Å². The first-order chi connectivity index (χ1) is 15.8. The van der Waals surface area contributed by atoms with E-state index < -0.39 is 28.8 Å². The number of carbonyl (C=O) groups excluding carboxylic acids is 1. The molecule has 1 aromatic rings. The third kappa shape index (κ3) is 6.57. The van der Waals surface area contributed by atoms with Crippen LogP contribution in [0.1, 0.15) is 39.5 Å². The number of rotatable bonds is 6. The van der Waals surface area contributed by atoms with Crippen molar-refractivity contribution >= 4 is 39.1 Å². The Hall–Kier alpha value is -1.07. The summed E-state index contributed by atoms with van der Waals surface area (Å²) in [6, 6.07) is 3.01. The molecule has 0 spiro atoms. The number of nitrogens with zero attached hydrogens (tertiary/aromatic N) is 3. The molecule has 0 bridgehead atoms. The Labute approximate surface area is 209 Å². The van der Waals surface area contributed by atoms with E-state index in [1.165, 1.54) is 6.07 Å². The predicted molar refractivity (Wildman–Crippen MR) is 125 cm³/mol. The lowest BCUT2D eigenvalue weighted by molar-refractivity contribution is -0.144. The fourth-order valence-electron chi connectivity index (χ4n) is 4.69. The van der Waals surface area contributed by atoms with Gasteiger partial charge in [-0.3, -0.25) is 9.69 Å². The maximum Gasteiger partial charge on any atom is 0.402 e. The second-order valence-corrected chi connectivity index (χ2v) is 11.9. The van der Waals surface area contributed by atoms with Gasteiger partial charge in [0.1, 0.15) is 6.54 Å². The summed E-state index contributed by atoms with van der Waals surface area (Å²) in [5.41, 5.74) is 0. The third-order valence-electron chi connectivity index (χ3n) is 6.64. The molecule has 1 saturated carbocycles. The Morgan fingerprint density at radius 3 is 2.15 bits per heavy atom. The smallest absolute Gasteiger partial charge is 0.340 e. The van der Waals surface area contributed by atoms with E-state index in [-0.39, 0.29) is 39.6 Å². The molecule has 1 heterocycles. The van der Waals surface area contributed by atoms with Crippen LogP contribution in [0.25, 0.3) is 0 Å². The molecule has 34 heavy (non-hydrogen) atoms. The van der Waals surface area contributed by atoms with Crippen molar-refractivity contribution in [2.75, 3.05) is 32.7 Å². The summed E-state index contributed by atoms with van der Waals surface area (Å²) >= 11 is 11.8. The minimum Gasteiger partial charge on any atom is -0.340 e. The van der Waals surface area contributed by atoms with Crippen molar-refractivity contribution in [3.8, 4) is 0 Å². The average molecular weight is 544 g/mol. The highest BCUT2D eigenvalue weighted by atomic mass is 35.5. The molecule has 1 aromatic carbocycles. The van der Waals surface area contributed by atoms with E-state index in [1.54, 1.807) is 0 Å². The molecule has 2 aliphatic rings. The van der Waals surface area contributed by atoms with Gasteiger partial charge in [-0.25, -0.2) is 8.42 Å². The zero-order valence-electron chi connectivity index (χ0n) is 19.2. The predicted octanol–water partition coefficient (Wildman–Crippen LogP) is 4.66. The molecule has 0 unspecified atom stereocenters. The Balaban J connectivity index is 1.70. The lowest BCUT2D eigenvalue weighted by Crippen LogP contribution is -2.53. The molecule has 1 saturated heterocycles. The largest absolute Gasteiger partial charge is 0.402 e. The number of hydrogen-bond acceptors (Lipinski definition) is 4. The molecule has 3 rings (SSSR count). The van der Waals surface area contributed by atoms with Gasteiger partial charge in [-0.05, 0) is 57.7 Å². The summed E-state index contributed by atoms with van der Waals surface area (Å²) in [6.07, 6.45) is -3.66. The van der Waals surface area contributed by atoms with Crippen LogP contribution in [0.3, 0.4) is 0 Å². The van der Waals surface area contributed by atoms with Gasteiger partial charge in [0.25, 0.3) is 0 Å². The Morgan fingerprint density at radius 2 is 1.65 bits per heavy atom. The van der Waals surface area contributed by atoms with Gasteiger partial charge in [-0.2, -0.15) is 17.5 Å². The molecule has 0 N–H and O–H groups in total. The first-order valence-electron chi connectivity index (χ1n) is 11.4. The van der Waals surface area contributed by atoms with Crippen LogP contribution in [0.5, 0.6) is 0 Å². The molecule has 0 atom stereocenters. The van der Waals surface area contributed by atoms with Gasteiger partial charge in [-0.15, -0.1) is 0 Å². The molecule has 192 valence electrons. The Bertz CT molecular complexity index is 975. The fourth-order valence-corrected chi connectivity index (χ4v) is 6.75. The summed E-state index contributed by atoms with van der Waals surface area (Å²) < 4.78 is 66.9. The van der Waals surface area contributed by atoms with Crippen molar-refractivity contribution in [1.29, 1.82) is 0 Å². The van der Waals surface area contributed by atoms with E-state index in [1.807, 2.05) is 4.90 Å². The van der Waals surface area contributed by atoms with Gasteiger partial charge in [0, 0.05) is 44.2 Å². The minimum absolute atomic E-state index is 0.0107. The topological polar surface area (TPSA) is 60.9 Å². The van der Waals surface area contributed by atoms with Crippen LogP contribution < -0.4 is 0 Å². The van der Waals surface area contributed by atoms with Gasteiger partial charge in [0.05, 0.1) is 14.9 Å².